The average molecular weight is 461 g/mol. The van der Waals surface area contributed by atoms with Crippen LogP contribution in [-0.4, -0.2) is 48.9 Å². The Morgan fingerprint density at radius 3 is 2.62 bits per heavy atom. The first-order valence-corrected chi connectivity index (χ1v) is 11.4. The molecule has 0 radical (unpaired) electrons. The maximum absolute atomic E-state index is 13.0. The predicted octanol–water partition coefficient (Wildman–Crippen LogP) is 4.18. The summed E-state index contributed by atoms with van der Waals surface area (Å²) in [5.41, 5.74) is 2.41. The maximum Gasteiger partial charge on any atom is 0.340 e. The van der Waals surface area contributed by atoms with Crippen LogP contribution in [0.15, 0.2) is 60.7 Å². The molecule has 1 amide bonds. The quantitative estimate of drug-likeness (QED) is 0.529. The maximum atomic E-state index is 13.0. The van der Waals surface area contributed by atoms with Crippen molar-refractivity contribution in [2.45, 2.75) is 19.8 Å². The van der Waals surface area contributed by atoms with Gasteiger partial charge in [0.05, 0.1) is 36.6 Å². The summed E-state index contributed by atoms with van der Waals surface area (Å²) in [5, 5.41) is 11.7. The van der Waals surface area contributed by atoms with E-state index in [1.807, 2.05) is 36.4 Å². The highest BCUT2D eigenvalue weighted by molar-refractivity contribution is 6.02. The number of esters is 1. The molecule has 0 bridgehead atoms. The molecule has 34 heavy (non-hydrogen) atoms. The Labute approximate surface area is 198 Å². The van der Waals surface area contributed by atoms with Crippen molar-refractivity contribution in [3.63, 3.8) is 0 Å². The van der Waals surface area contributed by atoms with Crippen LogP contribution in [0, 0.1) is 5.92 Å². The van der Waals surface area contributed by atoms with Gasteiger partial charge in [0.25, 0.3) is 0 Å². The van der Waals surface area contributed by atoms with Crippen molar-refractivity contribution in [1.82, 2.24) is 10.2 Å². The van der Waals surface area contributed by atoms with Crippen molar-refractivity contribution in [3.05, 3.63) is 66.2 Å². The van der Waals surface area contributed by atoms with Gasteiger partial charge in [-0.3, -0.25) is 4.79 Å². The number of methoxy groups -OCH3 is 1. The minimum absolute atomic E-state index is 0.125. The number of nitrogens with one attached hydrogen (secondary N) is 1. The van der Waals surface area contributed by atoms with E-state index < -0.39 is 5.97 Å². The fourth-order valence-electron chi connectivity index (χ4n) is 4.11. The SMILES string of the molecule is CCOC(=O)c1ccccc1NC(=O)C1CCCN(c2ccc(-c3ccccc3OC)nn2)C1. The van der Waals surface area contributed by atoms with Crippen LogP contribution in [0.3, 0.4) is 0 Å². The first-order chi connectivity index (χ1) is 16.6. The second-order valence-electron chi connectivity index (χ2n) is 8.02. The summed E-state index contributed by atoms with van der Waals surface area (Å²) in [7, 11) is 1.63. The zero-order valence-corrected chi connectivity index (χ0v) is 19.4. The van der Waals surface area contributed by atoms with E-state index in [1.54, 1.807) is 38.3 Å². The first kappa shape index (κ1) is 23.2. The number of benzene rings is 2. The largest absolute Gasteiger partial charge is 0.496 e. The van der Waals surface area contributed by atoms with Gasteiger partial charge in [-0.25, -0.2) is 4.79 Å². The Balaban J connectivity index is 1.45. The van der Waals surface area contributed by atoms with Gasteiger partial charge in [-0.15, -0.1) is 10.2 Å². The molecule has 1 aliphatic heterocycles. The molecule has 1 unspecified atom stereocenters. The van der Waals surface area contributed by atoms with Crippen LogP contribution in [0.25, 0.3) is 11.3 Å². The monoisotopic (exact) mass is 460 g/mol. The molecular weight excluding hydrogens is 432 g/mol. The van der Waals surface area contributed by atoms with Gasteiger partial charge >= 0.3 is 5.97 Å². The molecule has 1 saturated heterocycles. The molecule has 1 fully saturated rings. The van der Waals surface area contributed by atoms with E-state index in [1.165, 1.54) is 0 Å². The predicted molar refractivity (Wildman–Crippen MR) is 130 cm³/mol. The summed E-state index contributed by atoms with van der Waals surface area (Å²) in [4.78, 5) is 27.3. The summed E-state index contributed by atoms with van der Waals surface area (Å²) in [6.07, 6.45) is 1.62. The summed E-state index contributed by atoms with van der Waals surface area (Å²) in [6.45, 7) is 3.35. The number of carbonyl (C=O) groups is 2. The molecule has 1 N–H and O–H groups in total. The van der Waals surface area contributed by atoms with Crippen LogP contribution in [0.1, 0.15) is 30.1 Å². The van der Waals surface area contributed by atoms with Crippen LogP contribution >= 0.6 is 0 Å². The van der Waals surface area contributed by atoms with E-state index in [4.69, 9.17) is 9.47 Å². The molecule has 1 atom stereocenters. The fraction of sp³-hybridized carbons (Fsp3) is 0.308. The van der Waals surface area contributed by atoms with Gasteiger partial charge in [0.2, 0.25) is 5.91 Å². The number of amides is 1. The summed E-state index contributed by atoms with van der Waals surface area (Å²) >= 11 is 0. The van der Waals surface area contributed by atoms with Crippen LogP contribution in [-0.2, 0) is 9.53 Å². The average Bonchev–Trinajstić information content (AvgIpc) is 2.89. The van der Waals surface area contributed by atoms with E-state index in [0.717, 1.165) is 42.2 Å². The third kappa shape index (κ3) is 5.17. The molecule has 4 rings (SSSR count). The van der Waals surface area contributed by atoms with Crippen molar-refractivity contribution in [1.29, 1.82) is 0 Å². The number of nitrogens with zero attached hydrogens (tertiary/aromatic N) is 3. The highest BCUT2D eigenvalue weighted by Gasteiger charge is 2.28. The normalized spacial score (nSPS) is 15.5. The standard InChI is InChI=1S/C26H28N4O4/c1-3-34-26(32)20-11-4-6-12-21(20)27-25(31)18-9-8-16-30(17-18)24-15-14-22(28-29-24)19-10-5-7-13-23(19)33-2/h4-7,10-15,18H,3,8-9,16-17H2,1-2H3,(H,27,31). The van der Waals surface area contributed by atoms with E-state index in [9.17, 15) is 9.59 Å². The van der Waals surface area contributed by atoms with Crippen LogP contribution in [0.5, 0.6) is 5.75 Å². The highest BCUT2D eigenvalue weighted by Crippen LogP contribution is 2.29. The molecule has 176 valence electrons. The molecule has 2 aromatic carbocycles. The minimum atomic E-state index is -0.450. The molecule has 0 saturated carbocycles. The van der Waals surface area contributed by atoms with Gasteiger partial charge < -0.3 is 19.7 Å². The number of aromatic nitrogens is 2. The molecule has 2 heterocycles. The van der Waals surface area contributed by atoms with Crippen molar-refractivity contribution in [2.75, 3.05) is 37.0 Å². The summed E-state index contributed by atoms with van der Waals surface area (Å²) in [5.74, 6) is 0.652. The Kier molecular flexibility index (Phi) is 7.37. The lowest BCUT2D eigenvalue weighted by molar-refractivity contribution is -0.120. The van der Waals surface area contributed by atoms with E-state index in [0.29, 0.717) is 17.8 Å². The minimum Gasteiger partial charge on any atom is -0.496 e. The van der Waals surface area contributed by atoms with Gasteiger partial charge in [-0.2, -0.15) is 0 Å². The number of piperidine rings is 1. The van der Waals surface area contributed by atoms with Gasteiger partial charge in [-0.1, -0.05) is 24.3 Å². The second kappa shape index (κ2) is 10.8. The molecular formula is C26H28N4O4. The highest BCUT2D eigenvalue weighted by atomic mass is 16.5. The van der Waals surface area contributed by atoms with Crippen molar-refractivity contribution < 1.29 is 19.1 Å². The molecule has 0 spiro atoms. The van der Waals surface area contributed by atoms with Crippen molar-refractivity contribution >= 4 is 23.4 Å². The summed E-state index contributed by atoms with van der Waals surface area (Å²) < 4.78 is 10.5. The van der Waals surface area contributed by atoms with E-state index in [2.05, 4.69) is 20.4 Å². The van der Waals surface area contributed by atoms with Gasteiger partial charge in [0.1, 0.15) is 5.75 Å². The molecule has 1 aromatic heterocycles. The van der Waals surface area contributed by atoms with Gasteiger partial charge in [-0.05, 0) is 56.2 Å². The van der Waals surface area contributed by atoms with Crippen molar-refractivity contribution in [3.8, 4) is 17.0 Å². The Bertz CT molecular complexity index is 1150. The smallest absolute Gasteiger partial charge is 0.340 e. The van der Waals surface area contributed by atoms with Gasteiger partial charge in [0.15, 0.2) is 5.82 Å². The zero-order valence-electron chi connectivity index (χ0n) is 19.4. The topological polar surface area (TPSA) is 93.7 Å². The number of ether oxygens (including phenoxy) is 2. The molecule has 8 heteroatoms. The molecule has 0 aliphatic carbocycles. The Morgan fingerprint density at radius 2 is 1.85 bits per heavy atom. The lowest BCUT2D eigenvalue weighted by Crippen LogP contribution is -2.41. The van der Waals surface area contributed by atoms with Crippen LogP contribution in [0.2, 0.25) is 0 Å². The zero-order chi connectivity index (χ0) is 23.9. The third-order valence-corrected chi connectivity index (χ3v) is 5.83. The third-order valence-electron chi connectivity index (χ3n) is 5.83. The molecule has 8 nitrogen and oxygen atoms in total. The van der Waals surface area contributed by atoms with Crippen LogP contribution < -0.4 is 15.0 Å². The number of hydrogen-bond acceptors (Lipinski definition) is 7. The van der Waals surface area contributed by atoms with Gasteiger partial charge in [0, 0.05) is 18.7 Å². The number of para-hydroxylation sites is 2. The molecule has 1 aliphatic rings. The second-order valence-corrected chi connectivity index (χ2v) is 8.02. The molecule has 3 aromatic rings. The van der Waals surface area contributed by atoms with Crippen LogP contribution in [0.4, 0.5) is 11.5 Å². The van der Waals surface area contributed by atoms with E-state index >= 15 is 0 Å². The number of hydrogen-bond donors (Lipinski definition) is 1. The number of anilines is 2. The lowest BCUT2D eigenvalue weighted by Gasteiger charge is -2.32. The summed E-state index contributed by atoms with van der Waals surface area (Å²) in [6, 6.07) is 18.4. The fourth-order valence-corrected chi connectivity index (χ4v) is 4.11. The Morgan fingerprint density at radius 1 is 1.06 bits per heavy atom. The lowest BCUT2D eigenvalue weighted by atomic mass is 9.96. The first-order valence-electron chi connectivity index (χ1n) is 11.4. The number of carbonyl (C=O) groups excluding carboxylic acids is 2. The van der Waals surface area contributed by atoms with Crippen molar-refractivity contribution in [2.24, 2.45) is 5.92 Å². The van der Waals surface area contributed by atoms with E-state index in [-0.39, 0.29) is 18.4 Å². The number of rotatable bonds is 7. The Hall–Kier alpha value is -3.94.